The van der Waals surface area contributed by atoms with Crippen LogP contribution >= 0.6 is 0 Å². The number of anilines is 1. The lowest BCUT2D eigenvalue weighted by Crippen LogP contribution is -2.31. The predicted octanol–water partition coefficient (Wildman–Crippen LogP) is 0.875. The van der Waals surface area contributed by atoms with E-state index in [2.05, 4.69) is 10.6 Å². The van der Waals surface area contributed by atoms with Gasteiger partial charge in [0, 0.05) is 20.6 Å². The van der Waals surface area contributed by atoms with E-state index in [4.69, 9.17) is 0 Å². The average Bonchev–Trinajstić information content (AvgIpc) is 2.42. The second kappa shape index (κ2) is 7.25. The summed E-state index contributed by atoms with van der Waals surface area (Å²) in [4.78, 5) is 11.7. The van der Waals surface area contributed by atoms with Gasteiger partial charge in [-0.2, -0.15) is 0 Å². The molecule has 0 saturated heterocycles. The molecule has 0 saturated carbocycles. The number of hydrogen-bond acceptors (Lipinski definition) is 4. The first-order valence-electron chi connectivity index (χ1n) is 6.41. The zero-order valence-electron chi connectivity index (χ0n) is 12.0. The van der Waals surface area contributed by atoms with Crippen molar-refractivity contribution in [2.24, 2.45) is 0 Å². The summed E-state index contributed by atoms with van der Waals surface area (Å²) in [7, 11) is -0.589. The quantitative estimate of drug-likeness (QED) is 0.783. The molecule has 1 aromatic rings. The Balaban J connectivity index is 2.85. The molecular formula is C13H21N3O3S. The number of hydrogen-bond donors (Lipinski definition) is 2. The van der Waals surface area contributed by atoms with Gasteiger partial charge < -0.3 is 10.6 Å². The molecule has 0 fully saturated rings. The van der Waals surface area contributed by atoms with Gasteiger partial charge in [-0.1, -0.05) is 19.1 Å². The molecule has 0 heterocycles. The molecular weight excluding hydrogens is 278 g/mol. The molecule has 0 aromatic heterocycles. The smallest absolute Gasteiger partial charge is 0.244 e. The molecule has 2 N–H and O–H groups in total. The molecule has 1 rings (SSSR count). The lowest BCUT2D eigenvalue weighted by molar-refractivity contribution is -0.119. The van der Waals surface area contributed by atoms with Gasteiger partial charge >= 0.3 is 0 Å². The van der Waals surface area contributed by atoms with Crippen LogP contribution in [0.5, 0.6) is 0 Å². The molecule has 1 amide bonds. The van der Waals surface area contributed by atoms with Crippen molar-refractivity contribution >= 4 is 21.6 Å². The molecule has 0 aliphatic carbocycles. The van der Waals surface area contributed by atoms with Gasteiger partial charge in [-0.25, -0.2) is 12.7 Å². The Morgan fingerprint density at radius 1 is 1.25 bits per heavy atom. The number of nitrogens with one attached hydrogen (secondary N) is 2. The molecule has 0 spiro atoms. The first-order valence-corrected chi connectivity index (χ1v) is 7.85. The van der Waals surface area contributed by atoms with Crippen LogP contribution < -0.4 is 10.6 Å². The molecule has 20 heavy (non-hydrogen) atoms. The SMILES string of the molecule is CCCNC(=O)CNc1ccccc1S(=O)(=O)N(C)C. The Bertz CT molecular complexity index is 556. The van der Waals surface area contributed by atoms with E-state index in [1.54, 1.807) is 18.2 Å². The molecule has 1 aromatic carbocycles. The summed E-state index contributed by atoms with van der Waals surface area (Å²) in [6.45, 7) is 2.62. The summed E-state index contributed by atoms with van der Waals surface area (Å²) >= 11 is 0. The zero-order chi connectivity index (χ0) is 15.2. The van der Waals surface area contributed by atoms with Crippen LogP contribution in [-0.2, 0) is 14.8 Å². The van der Waals surface area contributed by atoms with Crippen LogP contribution in [0.1, 0.15) is 13.3 Å². The molecule has 0 aliphatic rings. The number of sulfonamides is 1. The highest BCUT2D eigenvalue weighted by Gasteiger charge is 2.20. The summed E-state index contributed by atoms with van der Waals surface area (Å²) in [5, 5.41) is 5.59. The molecule has 6 nitrogen and oxygen atoms in total. The standard InChI is InChI=1S/C13H21N3O3S/c1-4-9-14-13(17)10-15-11-7-5-6-8-12(11)20(18,19)16(2)3/h5-8,15H,4,9-10H2,1-3H3,(H,14,17). The van der Waals surface area contributed by atoms with Gasteiger partial charge in [0.15, 0.2) is 0 Å². The van der Waals surface area contributed by atoms with E-state index in [0.29, 0.717) is 12.2 Å². The Morgan fingerprint density at radius 2 is 1.90 bits per heavy atom. The van der Waals surface area contributed by atoms with Crippen molar-refractivity contribution < 1.29 is 13.2 Å². The molecule has 0 radical (unpaired) electrons. The van der Waals surface area contributed by atoms with E-state index < -0.39 is 10.0 Å². The fourth-order valence-electron chi connectivity index (χ4n) is 1.54. The normalized spacial score (nSPS) is 11.4. The maximum absolute atomic E-state index is 12.2. The van der Waals surface area contributed by atoms with Crippen molar-refractivity contribution in [3.05, 3.63) is 24.3 Å². The molecule has 0 atom stereocenters. The van der Waals surface area contributed by atoms with Gasteiger partial charge in [-0.3, -0.25) is 4.79 Å². The van der Waals surface area contributed by atoms with Crippen molar-refractivity contribution in [2.45, 2.75) is 18.2 Å². The van der Waals surface area contributed by atoms with Crippen LogP contribution in [0.25, 0.3) is 0 Å². The second-order valence-electron chi connectivity index (χ2n) is 4.49. The predicted molar refractivity (Wildman–Crippen MR) is 79.1 cm³/mol. The number of nitrogens with zero attached hydrogens (tertiary/aromatic N) is 1. The van der Waals surface area contributed by atoms with Crippen LogP contribution in [0, 0.1) is 0 Å². The van der Waals surface area contributed by atoms with E-state index in [-0.39, 0.29) is 17.3 Å². The topological polar surface area (TPSA) is 78.5 Å². The summed E-state index contributed by atoms with van der Waals surface area (Å²) in [5.41, 5.74) is 0.424. The van der Waals surface area contributed by atoms with Crippen molar-refractivity contribution in [1.29, 1.82) is 0 Å². The van der Waals surface area contributed by atoms with Gasteiger partial charge in [0.1, 0.15) is 4.90 Å². The number of carbonyl (C=O) groups is 1. The zero-order valence-corrected chi connectivity index (χ0v) is 12.8. The highest BCUT2D eigenvalue weighted by atomic mass is 32.2. The average molecular weight is 299 g/mol. The summed E-state index contributed by atoms with van der Waals surface area (Å²) in [6.07, 6.45) is 0.858. The maximum Gasteiger partial charge on any atom is 0.244 e. The molecule has 0 bridgehead atoms. The van der Waals surface area contributed by atoms with Crippen molar-refractivity contribution in [2.75, 3.05) is 32.5 Å². The highest BCUT2D eigenvalue weighted by molar-refractivity contribution is 7.89. The minimum atomic E-state index is -3.53. The van der Waals surface area contributed by atoms with E-state index in [0.717, 1.165) is 10.7 Å². The molecule has 7 heteroatoms. The van der Waals surface area contributed by atoms with Crippen molar-refractivity contribution in [1.82, 2.24) is 9.62 Å². The summed E-state index contributed by atoms with van der Waals surface area (Å²) in [5.74, 6) is -0.163. The van der Waals surface area contributed by atoms with E-state index >= 15 is 0 Å². The summed E-state index contributed by atoms with van der Waals surface area (Å²) < 4.78 is 25.5. The lowest BCUT2D eigenvalue weighted by Gasteiger charge is -2.16. The maximum atomic E-state index is 12.2. The second-order valence-corrected chi connectivity index (χ2v) is 6.61. The summed E-state index contributed by atoms with van der Waals surface area (Å²) in [6, 6.07) is 6.53. The van der Waals surface area contributed by atoms with Crippen LogP contribution in [0.4, 0.5) is 5.69 Å². The Kier molecular flexibility index (Phi) is 5.97. The first-order chi connectivity index (χ1) is 9.39. The number of benzene rings is 1. The Labute approximate surface area is 120 Å². The Hall–Kier alpha value is -1.60. The van der Waals surface area contributed by atoms with Crippen LogP contribution in [0.15, 0.2) is 29.2 Å². The van der Waals surface area contributed by atoms with Gasteiger partial charge in [0.05, 0.1) is 12.2 Å². The van der Waals surface area contributed by atoms with Crippen LogP contribution in [0.2, 0.25) is 0 Å². The van der Waals surface area contributed by atoms with Crippen molar-refractivity contribution in [3.63, 3.8) is 0 Å². The number of amides is 1. The molecule has 0 unspecified atom stereocenters. The third kappa shape index (κ3) is 4.21. The Morgan fingerprint density at radius 3 is 2.50 bits per heavy atom. The first kappa shape index (κ1) is 16.5. The number of rotatable bonds is 7. The lowest BCUT2D eigenvalue weighted by atomic mass is 10.3. The van der Waals surface area contributed by atoms with Gasteiger partial charge in [0.25, 0.3) is 0 Å². The third-order valence-corrected chi connectivity index (χ3v) is 4.53. The van der Waals surface area contributed by atoms with Gasteiger partial charge in [-0.05, 0) is 18.6 Å². The van der Waals surface area contributed by atoms with Gasteiger partial charge in [0.2, 0.25) is 15.9 Å². The largest absolute Gasteiger partial charge is 0.375 e. The third-order valence-electron chi connectivity index (χ3n) is 2.66. The minimum Gasteiger partial charge on any atom is -0.375 e. The van der Waals surface area contributed by atoms with Crippen LogP contribution in [-0.4, -0.2) is 45.8 Å². The minimum absolute atomic E-state index is 0.0416. The molecule has 112 valence electrons. The number of carbonyl (C=O) groups excluding carboxylic acids is 1. The van der Waals surface area contributed by atoms with Crippen molar-refractivity contribution in [3.8, 4) is 0 Å². The van der Waals surface area contributed by atoms with E-state index in [9.17, 15) is 13.2 Å². The van der Waals surface area contributed by atoms with E-state index in [1.807, 2.05) is 6.92 Å². The van der Waals surface area contributed by atoms with Gasteiger partial charge in [-0.15, -0.1) is 0 Å². The monoisotopic (exact) mass is 299 g/mol. The fraction of sp³-hybridized carbons (Fsp3) is 0.462. The van der Waals surface area contributed by atoms with Crippen LogP contribution in [0.3, 0.4) is 0 Å². The van der Waals surface area contributed by atoms with E-state index in [1.165, 1.54) is 20.2 Å². The number of para-hydroxylation sites is 1. The molecule has 0 aliphatic heterocycles. The highest BCUT2D eigenvalue weighted by Crippen LogP contribution is 2.22. The fourth-order valence-corrected chi connectivity index (χ4v) is 2.60.